The SMILES string of the molecule is Nc1ccc(Cl)cc1C(=O)OCC(=O)N1CCOCC1. The zero-order chi connectivity index (χ0) is 14.5. The lowest BCUT2D eigenvalue weighted by molar-refractivity contribution is -0.138. The lowest BCUT2D eigenvalue weighted by Crippen LogP contribution is -2.42. The summed E-state index contributed by atoms with van der Waals surface area (Å²) in [7, 11) is 0. The molecule has 1 saturated heterocycles. The van der Waals surface area contributed by atoms with Crippen LogP contribution in [0.2, 0.25) is 5.02 Å². The maximum absolute atomic E-state index is 11.8. The highest BCUT2D eigenvalue weighted by Crippen LogP contribution is 2.18. The standard InChI is InChI=1S/C13H15ClN2O4/c14-9-1-2-11(15)10(7-9)13(18)20-8-12(17)16-3-5-19-6-4-16/h1-2,7H,3-6,8,15H2. The summed E-state index contributed by atoms with van der Waals surface area (Å²) in [6.45, 7) is 1.71. The van der Waals surface area contributed by atoms with E-state index in [1.54, 1.807) is 11.0 Å². The number of carbonyl (C=O) groups excluding carboxylic acids is 2. The van der Waals surface area contributed by atoms with Gasteiger partial charge in [0.1, 0.15) is 0 Å². The molecular weight excluding hydrogens is 284 g/mol. The Bertz CT molecular complexity index is 515. The van der Waals surface area contributed by atoms with Gasteiger partial charge in [0.25, 0.3) is 5.91 Å². The Labute approximate surface area is 121 Å². The Morgan fingerprint density at radius 3 is 2.75 bits per heavy atom. The van der Waals surface area contributed by atoms with Crippen molar-refractivity contribution in [2.45, 2.75) is 0 Å². The Morgan fingerprint density at radius 1 is 1.35 bits per heavy atom. The van der Waals surface area contributed by atoms with Gasteiger partial charge in [-0.15, -0.1) is 0 Å². The fraction of sp³-hybridized carbons (Fsp3) is 0.385. The van der Waals surface area contributed by atoms with Crippen LogP contribution in [0.3, 0.4) is 0 Å². The third-order valence-corrected chi connectivity index (χ3v) is 3.16. The molecule has 0 atom stereocenters. The van der Waals surface area contributed by atoms with Gasteiger partial charge in [-0.2, -0.15) is 0 Å². The lowest BCUT2D eigenvalue weighted by Gasteiger charge is -2.26. The highest BCUT2D eigenvalue weighted by atomic mass is 35.5. The molecule has 20 heavy (non-hydrogen) atoms. The van der Waals surface area contributed by atoms with Crippen LogP contribution >= 0.6 is 11.6 Å². The number of nitrogens with two attached hydrogens (primary N) is 1. The van der Waals surface area contributed by atoms with Crippen molar-refractivity contribution in [3.05, 3.63) is 28.8 Å². The van der Waals surface area contributed by atoms with Gasteiger partial charge in [-0.3, -0.25) is 4.79 Å². The van der Waals surface area contributed by atoms with Crippen molar-refractivity contribution in [1.29, 1.82) is 0 Å². The van der Waals surface area contributed by atoms with E-state index in [0.29, 0.717) is 31.3 Å². The Kier molecular flexibility index (Phi) is 4.81. The van der Waals surface area contributed by atoms with Gasteiger partial charge in [0, 0.05) is 23.8 Å². The second kappa shape index (κ2) is 6.58. The number of ether oxygens (including phenoxy) is 2. The van der Waals surface area contributed by atoms with E-state index in [-0.39, 0.29) is 23.8 Å². The van der Waals surface area contributed by atoms with Crippen molar-refractivity contribution in [2.24, 2.45) is 0 Å². The third kappa shape index (κ3) is 3.61. The minimum atomic E-state index is -0.661. The molecule has 108 valence electrons. The molecule has 1 amide bonds. The van der Waals surface area contributed by atoms with Crippen molar-refractivity contribution in [2.75, 3.05) is 38.6 Å². The average Bonchev–Trinajstić information content (AvgIpc) is 2.47. The number of rotatable bonds is 3. The number of morpholine rings is 1. The van der Waals surface area contributed by atoms with Crippen LogP contribution < -0.4 is 5.73 Å². The van der Waals surface area contributed by atoms with Crippen LogP contribution in [0, 0.1) is 0 Å². The van der Waals surface area contributed by atoms with Crippen LogP contribution in [-0.2, 0) is 14.3 Å². The molecule has 1 aliphatic rings. The quantitative estimate of drug-likeness (QED) is 0.663. The number of nitrogen functional groups attached to an aromatic ring is 1. The third-order valence-electron chi connectivity index (χ3n) is 2.93. The number of hydrogen-bond acceptors (Lipinski definition) is 5. The highest BCUT2D eigenvalue weighted by Gasteiger charge is 2.19. The molecule has 6 nitrogen and oxygen atoms in total. The molecule has 0 saturated carbocycles. The van der Waals surface area contributed by atoms with Gasteiger partial charge < -0.3 is 20.1 Å². The van der Waals surface area contributed by atoms with E-state index in [1.165, 1.54) is 12.1 Å². The predicted molar refractivity (Wildman–Crippen MR) is 73.5 cm³/mol. The fourth-order valence-corrected chi connectivity index (χ4v) is 1.99. The van der Waals surface area contributed by atoms with Crippen molar-refractivity contribution in [1.82, 2.24) is 4.90 Å². The Balaban J connectivity index is 1.91. The fourth-order valence-electron chi connectivity index (χ4n) is 1.81. The molecule has 1 heterocycles. The molecule has 1 fully saturated rings. The summed E-state index contributed by atoms with van der Waals surface area (Å²) in [5, 5.41) is 0.380. The summed E-state index contributed by atoms with van der Waals surface area (Å²) in [5.74, 6) is -0.908. The maximum atomic E-state index is 11.8. The molecule has 2 N–H and O–H groups in total. The molecule has 2 rings (SSSR count). The molecule has 0 unspecified atom stereocenters. The first-order chi connectivity index (χ1) is 9.58. The van der Waals surface area contributed by atoms with Crippen molar-refractivity contribution >= 4 is 29.2 Å². The molecule has 0 aliphatic carbocycles. The summed E-state index contributed by atoms with van der Waals surface area (Å²) in [6, 6.07) is 4.51. The number of benzene rings is 1. The van der Waals surface area contributed by atoms with Gasteiger partial charge in [0.15, 0.2) is 6.61 Å². The molecule has 1 aromatic rings. The van der Waals surface area contributed by atoms with Crippen LogP contribution in [0.25, 0.3) is 0 Å². The van der Waals surface area contributed by atoms with Crippen LogP contribution in [0.5, 0.6) is 0 Å². The van der Waals surface area contributed by atoms with E-state index in [2.05, 4.69) is 0 Å². The van der Waals surface area contributed by atoms with Crippen LogP contribution in [0.1, 0.15) is 10.4 Å². The number of nitrogens with zero attached hydrogens (tertiary/aromatic N) is 1. The first-order valence-electron chi connectivity index (χ1n) is 6.15. The van der Waals surface area contributed by atoms with Crippen molar-refractivity contribution in [3.63, 3.8) is 0 Å². The minimum absolute atomic E-state index is 0.160. The topological polar surface area (TPSA) is 81.9 Å². The van der Waals surface area contributed by atoms with Gasteiger partial charge in [-0.05, 0) is 18.2 Å². The molecule has 1 aliphatic heterocycles. The minimum Gasteiger partial charge on any atom is -0.452 e. The van der Waals surface area contributed by atoms with Crippen molar-refractivity contribution in [3.8, 4) is 0 Å². The van der Waals surface area contributed by atoms with E-state index < -0.39 is 5.97 Å². The molecular formula is C13H15ClN2O4. The lowest BCUT2D eigenvalue weighted by atomic mass is 10.2. The van der Waals surface area contributed by atoms with E-state index in [4.69, 9.17) is 26.8 Å². The molecule has 0 aromatic heterocycles. The first kappa shape index (κ1) is 14.6. The molecule has 0 spiro atoms. The summed E-state index contributed by atoms with van der Waals surface area (Å²) in [5.41, 5.74) is 6.09. The van der Waals surface area contributed by atoms with Gasteiger partial charge in [0.05, 0.1) is 18.8 Å². The molecule has 0 bridgehead atoms. The first-order valence-corrected chi connectivity index (χ1v) is 6.53. The van der Waals surface area contributed by atoms with Crippen molar-refractivity contribution < 1.29 is 19.1 Å². The normalized spacial score (nSPS) is 14.9. The largest absolute Gasteiger partial charge is 0.452 e. The summed E-state index contributed by atoms with van der Waals surface area (Å²) in [4.78, 5) is 25.3. The van der Waals surface area contributed by atoms with Gasteiger partial charge in [-0.25, -0.2) is 4.79 Å². The zero-order valence-corrected chi connectivity index (χ0v) is 11.6. The van der Waals surface area contributed by atoms with Gasteiger partial charge >= 0.3 is 5.97 Å². The van der Waals surface area contributed by atoms with Gasteiger partial charge in [-0.1, -0.05) is 11.6 Å². The number of amides is 1. The smallest absolute Gasteiger partial charge is 0.340 e. The van der Waals surface area contributed by atoms with E-state index in [9.17, 15) is 9.59 Å². The number of anilines is 1. The summed E-state index contributed by atoms with van der Waals surface area (Å²) < 4.78 is 10.1. The number of carbonyl (C=O) groups is 2. The number of halogens is 1. The van der Waals surface area contributed by atoms with E-state index in [0.717, 1.165) is 0 Å². The Hall–Kier alpha value is -1.79. The number of esters is 1. The zero-order valence-electron chi connectivity index (χ0n) is 10.8. The molecule has 7 heteroatoms. The van der Waals surface area contributed by atoms with E-state index in [1.807, 2.05) is 0 Å². The van der Waals surface area contributed by atoms with Crippen LogP contribution in [0.4, 0.5) is 5.69 Å². The Morgan fingerprint density at radius 2 is 2.05 bits per heavy atom. The maximum Gasteiger partial charge on any atom is 0.340 e. The highest BCUT2D eigenvalue weighted by molar-refractivity contribution is 6.31. The molecule has 0 radical (unpaired) electrons. The number of hydrogen-bond donors (Lipinski definition) is 1. The second-order valence-corrected chi connectivity index (χ2v) is 4.74. The van der Waals surface area contributed by atoms with Crippen LogP contribution in [-0.4, -0.2) is 49.7 Å². The predicted octanol–water partition coefficient (Wildman–Crippen LogP) is 0.938. The van der Waals surface area contributed by atoms with E-state index >= 15 is 0 Å². The summed E-state index contributed by atoms with van der Waals surface area (Å²) in [6.07, 6.45) is 0. The van der Waals surface area contributed by atoms with Crippen LogP contribution in [0.15, 0.2) is 18.2 Å². The monoisotopic (exact) mass is 298 g/mol. The molecule has 1 aromatic carbocycles. The average molecular weight is 299 g/mol. The van der Waals surface area contributed by atoms with Gasteiger partial charge in [0.2, 0.25) is 0 Å². The summed E-state index contributed by atoms with van der Waals surface area (Å²) >= 11 is 5.79. The second-order valence-electron chi connectivity index (χ2n) is 4.30.